The summed E-state index contributed by atoms with van der Waals surface area (Å²) in [6, 6.07) is -0.294. The topological polar surface area (TPSA) is 41.1 Å². The van der Waals surface area contributed by atoms with Gasteiger partial charge in [-0.2, -0.15) is 0 Å². The van der Waals surface area contributed by atoms with Crippen molar-refractivity contribution in [2.75, 3.05) is 6.54 Å². The first-order valence-electron chi connectivity index (χ1n) is 4.92. The molecule has 0 aromatic rings. The molecule has 2 N–H and O–H groups in total. The van der Waals surface area contributed by atoms with Gasteiger partial charge >= 0.3 is 0 Å². The third-order valence-corrected chi connectivity index (χ3v) is 2.30. The van der Waals surface area contributed by atoms with Crippen LogP contribution < -0.4 is 10.6 Å². The first-order valence-corrected chi connectivity index (χ1v) is 4.92. The summed E-state index contributed by atoms with van der Waals surface area (Å²) in [5, 5.41) is 5.64. The largest absolute Gasteiger partial charge is 0.352 e. The van der Waals surface area contributed by atoms with Crippen molar-refractivity contribution in [2.45, 2.75) is 38.0 Å². The molecule has 0 saturated carbocycles. The van der Waals surface area contributed by atoms with Crippen LogP contribution in [0.1, 0.15) is 19.8 Å². The van der Waals surface area contributed by atoms with Crippen molar-refractivity contribution < 1.29 is 9.18 Å². The van der Waals surface area contributed by atoms with E-state index in [9.17, 15) is 9.18 Å². The summed E-state index contributed by atoms with van der Waals surface area (Å²) < 4.78 is 12.8. The molecule has 3 nitrogen and oxygen atoms in total. The minimum atomic E-state index is -0.888. The summed E-state index contributed by atoms with van der Waals surface area (Å²) in [4.78, 5) is 11.5. The molecule has 1 amide bonds. The van der Waals surface area contributed by atoms with Gasteiger partial charge in [-0.25, -0.2) is 4.39 Å². The van der Waals surface area contributed by atoms with Gasteiger partial charge in [0.25, 0.3) is 0 Å². The minimum Gasteiger partial charge on any atom is -0.352 e. The minimum absolute atomic E-state index is 0. The van der Waals surface area contributed by atoms with E-state index in [4.69, 9.17) is 0 Å². The highest BCUT2D eigenvalue weighted by molar-refractivity contribution is 5.85. The van der Waals surface area contributed by atoms with Crippen molar-refractivity contribution >= 4 is 18.3 Å². The van der Waals surface area contributed by atoms with Crippen molar-refractivity contribution in [3.05, 3.63) is 12.7 Å². The summed E-state index contributed by atoms with van der Waals surface area (Å²) in [5.74, 6) is -0.112. The zero-order chi connectivity index (χ0) is 10.6. The molecule has 5 heteroatoms. The standard InChI is InChI=1S/C10H17FN2O.ClH/c1-3-4-7(2)13-10(14)9-5-8(11)6-12-9;/h3,7-9,12H,1,4-6H2,2H3,(H,13,14);1H/t7?,8-,9+;/m0./s1. The van der Waals surface area contributed by atoms with Gasteiger partial charge in [-0.05, 0) is 13.3 Å². The number of carbonyl (C=O) groups is 1. The number of alkyl halides is 1. The Bertz CT molecular complexity index is 225. The molecular formula is C10H18ClFN2O. The Balaban J connectivity index is 0.00000196. The molecule has 1 saturated heterocycles. The van der Waals surface area contributed by atoms with Gasteiger partial charge in [0.2, 0.25) is 5.91 Å². The van der Waals surface area contributed by atoms with E-state index >= 15 is 0 Å². The molecule has 0 bridgehead atoms. The van der Waals surface area contributed by atoms with Crippen LogP contribution in [0.15, 0.2) is 12.7 Å². The fourth-order valence-electron chi connectivity index (χ4n) is 1.54. The molecule has 0 spiro atoms. The lowest BCUT2D eigenvalue weighted by molar-refractivity contribution is -0.123. The lowest BCUT2D eigenvalue weighted by Crippen LogP contribution is -2.44. The summed E-state index contributed by atoms with van der Waals surface area (Å²) in [7, 11) is 0. The fraction of sp³-hybridized carbons (Fsp3) is 0.700. The normalized spacial score (nSPS) is 26.5. The van der Waals surface area contributed by atoms with Gasteiger partial charge in [-0.15, -0.1) is 19.0 Å². The number of hydrogen-bond donors (Lipinski definition) is 2. The van der Waals surface area contributed by atoms with Crippen molar-refractivity contribution in [3.8, 4) is 0 Å². The third-order valence-electron chi connectivity index (χ3n) is 2.30. The lowest BCUT2D eigenvalue weighted by atomic mass is 10.1. The zero-order valence-electron chi connectivity index (χ0n) is 8.83. The Morgan fingerprint density at radius 2 is 2.47 bits per heavy atom. The Morgan fingerprint density at radius 3 is 2.93 bits per heavy atom. The SMILES string of the molecule is C=CCC(C)NC(=O)[C@H]1C[C@H](F)CN1.Cl. The van der Waals surface area contributed by atoms with Crippen LogP contribution in [0.2, 0.25) is 0 Å². The Morgan fingerprint density at radius 1 is 1.80 bits per heavy atom. The maximum Gasteiger partial charge on any atom is 0.237 e. The average molecular weight is 237 g/mol. The van der Waals surface area contributed by atoms with Crippen LogP contribution in [0.5, 0.6) is 0 Å². The van der Waals surface area contributed by atoms with E-state index in [1.807, 2.05) is 6.92 Å². The third kappa shape index (κ3) is 4.62. The van der Waals surface area contributed by atoms with E-state index in [0.717, 1.165) is 6.42 Å². The van der Waals surface area contributed by atoms with Gasteiger partial charge in [0.15, 0.2) is 0 Å². The van der Waals surface area contributed by atoms with Crippen molar-refractivity contribution in [1.29, 1.82) is 0 Å². The molecule has 0 aromatic carbocycles. The van der Waals surface area contributed by atoms with Crippen molar-refractivity contribution in [3.63, 3.8) is 0 Å². The van der Waals surface area contributed by atoms with Gasteiger partial charge < -0.3 is 10.6 Å². The van der Waals surface area contributed by atoms with Gasteiger partial charge in [0.1, 0.15) is 6.17 Å². The molecule has 3 atom stereocenters. The summed E-state index contributed by atoms with van der Waals surface area (Å²) in [6.07, 6.45) is 1.88. The van der Waals surface area contributed by atoms with Gasteiger partial charge in [-0.3, -0.25) is 4.79 Å². The van der Waals surface area contributed by atoms with E-state index < -0.39 is 6.17 Å². The predicted octanol–water partition coefficient (Wildman–Crippen LogP) is 1.19. The maximum atomic E-state index is 12.8. The molecule has 1 unspecified atom stereocenters. The lowest BCUT2D eigenvalue weighted by Gasteiger charge is -2.15. The smallest absolute Gasteiger partial charge is 0.237 e. The van der Waals surface area contributed by atoms with E-state index in [0.29, 0.717) is 0 Å². The number of carbonyl (C=O) groups excluding carboxylic acids is 1. The first kappa shape index (κ1) is 14.4. The van der Waals surface area contributed by atoms with Crippen LogP contribution in [0.25, 0.3) is 0 Å². The van der Waals surface area contributed by atoms with Crippen molar-refractivity contribution in [2.24, 2.45) is 0 Å². The zero-order valence-corrected chi connectivity index (χ0v) is 9.65. The fourth-order valence-corrected chi connectivity index (χ4v) is 1.54. The highest BCUT2D eigenvalue weighted by Gasteiger charge is 2.29. The number of rotatable bonds is 4. The highest BCUT2D eigenvalue weighted by atomic mass is 35.5. The average Bonchev–Trinajstić information content (AvgIpc) is 2.52. The molecule has 0 aliphatic carbocycles. The van der Waals surface area contributed by atoms with E-state index in [1.165, 1.54) is 0 Å². The molecule has 88 valence electrons. The second kappa shape index (κ2) is 6.80. The summed E-state index contributed by atoms with van der Waals surface area (Å²) in [6.45, 7) is 5.78. The van der Waals surface area contributed by atoms with Crippen LogP contribution >= 0.6 is 12.4 Å². The summed E-state index contributed by atoms with van der Waals surface area (Å²) >= 11 is 0. The highest BCUT2D eigenvalue weighted by Crippen LogP contribution is 2.10. The second-order valence-electron chi connectivity index (χ2n) is 3.73. The predicted molar refractivity (Wildman–Crippen MR) is 61.0 cm³/mol. The molecule has 1 aliphatic heterocycles. The monoisotopic (exact) mass is 236 g/mol. The molecule has 0 radical (unpaired) electrons. The quantitative estimate of drug-likeness (QED) is 0.720. The van der Waals surface area contributed by atoms with Gasteiger partial charge in [-0.1, -0.05) is 6.08 Å². The Kier molecular flexibility index (Phi) is 6.52. The molecule has 0 aromatic heterocycles. The maximum absolute atomic E-state index is 12.8. The molecule has 1 heterocycles. The van der Waals surface area contributed by atoms with Crippen LogP contribution in [-0.4, -0.2) is 30.7 Å². The van der Waals surface area contributed by atoms with Crippen LogP contribution in [0, 0.1) is 0 Å². The molecule has 1 rings (SSSR count). The molecule has 15 heavy (non-hydrogen) atoms. The van der Waals surface area contributed by atoms with E-state index in [1.54, 1.807) is 6.08 Å². The van der Waals surface area contributed by atoms with Gasteiger partial charge in [0.05, 0.1) is 6.04 Å². The summed E-state index contributed by atoms with van der Waals surface area (Å²) in [5.41, 5.74) is 0. The van der Waals surface area contributed by atoms with Gasteiger partial charge in [0, 0.05) is 19.0 Å². The Labute approximate surface area is 95.9 Å². The molecule has 1 aliphatic rings. The van der Waals surface area contributed by atoms with Crippen LogP contribution in [-0.2, 0) is 4.79 Å². The van der Waals surface area contributed by atoms with Crippen LogP contribution in [0.4, 0.5) is 4.39 Å². The second-order valence-corrected chi connectivity index (χ2v) is 3.73. The van der Waals surface area contributed by atoms with Crippen molar-refractivity contribution in [1.82, 2.24) is 10.6 Å². The molecular weight excluding hydrogens is 219 g/mol. The number of halogens is 2. The molecule has 1 fully saturated rings. The first-order chi connectivity index (χ1) is 6.63. The number of amides is 1. The number of hydrogen-bond acceptors (Lipinski definition) is 2. The van der Waals surface area contributed by atoms with E-state index in [2.05, 4.69) is 17.2 Å². The number of nitrogens with one attached hydrogen (secondary N) is 2. The van der Waals surface area contributed by atoms with E-state index in [-0.39, 0.29) is 43.4 Å². The Hall–Kier alpha value is -0.610. The van der Waals surface area contributed by atoms with Crippen LogP contribution in [0.3, 0.4) is 0 Å².